The van der Waals surface area contributed by atoms with Crippen LogP contribution in [-0.4, -0.2) is 13.2 Å². The minimum absolute atomic E-state index is 0.360. The van der Waals surface area contributed by atoms with Gasteiger partial charge in [0.25, 0.3) is 0 Å². The minimum Gasteiger partial charge on any atom is -0.340 e. The molecule has 1 fully saturated rings. The van der Waals surface area contributed by atoms with Crippen LogP contribution < -0.4 is 0 Å². The maximum absolute atomic E-state index is 14.7. The van der Waals surface area contributed by atoms with Crippen LogP contribution in [0.4, 0.5) is 4.39 Å². The number of thioether (sulfide) groups is 1. The van der Waals surface area contributed by atoms with E-state index in [-0.39, 0.29) is 5.82 Å². The van der Waals surface area contributed by atoms with Gasteiger partial charge < -0.3 is 9.47 Å². The van der Waals surface area contributed by atoms with Crippen LogP contribution in [0.15, 0.2) is 77.7 Å². The lowest BCUT2D eigenvalue weighted by Crippen LogP contribution is -2.31. The van der Waals surface area contributed by atoms with E-state index in [0.29, 0.717) is 29.6 Å². The molecule has 0 atom stereocenters. The molecule has 5 heteroatoms. The van der Waals surface area contributed by atoms with Gasteiger partial charge in [0.1, 0.15) is 5.82 Å². The summed E-state index contributed by atoms with van der Waals surface area (Å²) >= 11 is 7.99. The summed E-state index contributed by atoms with van der Waals surface area (Å²) in [5, 5.41) is 0.563. The first kappa shape index (κ1) is 18.5. The summed E-state index contributed by atoms with van der Waals surface area (Å²) in [6.07, 6.45) is 0. The van der Waals surface area contributed by atoms with Gasteiger partial charge in [0.15, 0.2) is 0 Å². The first-order chi connectivity index (χ1) is 13.2. The number of ether oxygens (including phenoxy) is 2. The quantitative estimate of drug-likeness (QED) is 0.488. The Morgan fingerprint density at radius 1 is 0.889 bits per heavy atom. The maximum atomic E-state index is 14.7. The van der Waals surface area contributed by atoms with Crippen molar-refractivity contribution in [2.75, 3.05) is 13.2 Å². The zero-order valence-corrected chi connectivity index (χ0v) is 16.1. The van der Waals surface area contributed by atoms with Crippen LogP contribution in [0, 0.1) is 5.82 Å². The molecule has 1 aliphatic heterocycles. The molecular formula is C22H18ClFO2S. The van der Waals surface area contributed by atoms with E-state index in [1.807, 2.05) is 36.4 Å². The van der Waals surface area contributed by atoms with Gasteiger partial charge in [0.05, 0.1) is 18.8 Å². The zero-order valence-electron chi connectivity index (χ0n) is 14.5. The maximum Gasteiger partial charge on any atom is 0.225 e. The van der Waals surface area contributed by atoms with Crippen LogP contribution in [-0.2, 0) is 21.0 Å². The van der Waals surface area contributed by atoms with Gasteiger partial charge in [0.2, 0.25) is 5.79 Å². The largest absolute Gasteiger partial charge is 0.340 e. The highest BCUT2D eigenvalue weighted by Gasteiger charge is 2.44. The number of rotatable bonds is 5. The van der Waals surface area contributed by atoms with Crippen molar-refractivity contribution in [1.82, 2.24) is 0 Å². The molecule has 0 saturated carbocycles. The molecular weight excluding hydrogens is 383 g/mol. The van der Waals surface area contributed by atoms with Gasteiger partial charge >= 0.3 is 0 Å². The molecule has 4 rings (SSSR count). The van der Waals surface area contributed by atoms with Crippen LogP contribution in [0.3, 0.4) is 0 Å². The topological polar surface area (TPSA) is 18.5 Å². The molecule has 3 aromatic carbocycles. The molecule has 3 aromatic rings. The van der Waals surface area contributed by atoms with E-state index < -0.39 is 5.79 Å². The first-order valence-corrected chi connectivity index (χ1v) is 10.0. The van der Waals surface area contributed by atoms with Gasteiger partial charge in [-0.25, -0.2) is 4.39 Å². The molecule has 0 aromatic heterocycles. The van der Waals surface area contributed by atoms with E-state index in [4.69, 9.17) is 21.1 Å². The second-order valence-electron chi connectivity index (χ2n) is 6.20. The van der Waals surface area contributed by atoms with Crippen LogP contribution >= 0.6 is 23.4 Å². The molecule has 2 nitrogen and oxygen atoms in total. The third-order valence-corrected chi connectivity index (χ3v) is 5.78. The van der Waals surface area contributed by atoms with Crippen molar-refractivity contribution < 1.29 is 13.9 Å². The van der Waals surface area contributed by atoms with Crippen molar-refractivity contribution >= 4 is 23.4 Å². The van der Waals surface area contributed by atoms with E-state index in [0.717, 1.165) is 16.0 Å². The number of halogens is 2. The molecule has 1 saturated heterocycles. The SMILES string of the molecule is Fc1ccccc1C1(c2cc(Cl)ccc2CSc2ccccc2)OCCO1. The molecule has 0 bridgehead atoms. The Bertz CT molecular complexity index is 927. The fourth-order valence-corrected chi connectivity index (χ4v) is 4.35. The highest BCUT2D eigenvalue weighted by atomic mass is 35.5. The Labute approximate surface area is 167 Å². The molecule has 1 aliphatic rings. The Balaban J connectivity index is 1.77. The van der Waals surface area contributed by atoms with E-state index in [9.17, 15) is 4.39 Å². The van der Waals surface area contributed by atoms with Crippen molar-refractivity contribution in [3.05, 3.63) is 100 Å². The summed E-state index contributed by atoms with van der Waals surface area (Å²) in [5.74, 6) is -0.941. The van der Waals surface area contributed by atoms with E-state index in [2.05, 4.69) is 12.1 Å². The predicted molar refractivity (Wildman–Crippen MR) is 107 cm³/mol. The second-order valence-corrected chi connectivity index (χ2v) is 7.68. The Morgan fingerprint density at radius 3 is 2.33 bits per heavy atom. The van der Waals surface area contributed by atoms with E-state index in [1.54, 1.807) is 30.0 Å². The van der Waals surface area contributed by atoms with Gasteiger partial charge in [-0.3, -0.25) is 0 Å². The van der Waals surface area contributed by atoms with Crippen LogP contribution in [0.1, 0.15) is 16.7 Å². The standard InChI is InChI=1S/C22H18ClFO2S/c23-17-11-10-16(15-27-18-6-2-1-3-7-18)20(14-17)22(25-12-13-26-22)19-8-4-5-9-21(19)24/h1-11,14H,12-13,15H2. The van der Waals surface area contributed by atoms with Gasteiger partial charge in [-0.2, -0.15) is 0 Å². The summed E-state index contributed by atoms with van der Waals surface area (Å²) in [4.78, 5) is 1.16. The minimum atomic E-state index is -1.27. The molecule has 138 valence electrons. The molecule has 27 heavy (non-hydrogen) atoms. The molecule has 0 N–H and O–H groups in total. The lowest BCUT2D eigenvalue weighted by Gasteiger charge is -2.30. The second kappa shape index (κ2) is 8.03. The average Bonchev–Trinajstić information content (AvgIpc) is 3.19. The molecule has 1 heterocycles. The van der Waals surface area contributed by atoms with Crippen molar-refractivity contribution in [1.29, 1.82) is 0 Å². The third-order valence-electron chi connectivity index (χ3n) is 4.49. The summed E-state index contributed by atoms with van der Waals surface area (Å²) in [7, 11) is 0. The van der Waals surface area contributed by atoms with Crippen LogP contribution in [0.5, 0.6) is 0 Å². The highest BCUT2D eigenvalue weighted by Crippen LogP contribution is 2.43. The summed E-state index contributed by atoms with van der Waals surface area (Å²) in [5.41, 5.74) is 2.12. The molecule has 0 radical (unpaired) electrons. The van der Waals surface area contributed by atoms with E-state index >= 15 is 0 Å². The zero-order chi connectivity index (χ0) is 18.7. The molecule has 0 aliphatic carbocycles. The van der Waals surface area contributed by atoms with Crippen molar-refractivity contribution in [2.24, 2.45) is 0 Å². The lowest BCUT2D eigenvalue weighted by atomic mass is 9.93. The number of hydrogen-bond acceptors (Lipinski definition) is 3. The number of benzene rings is 3. The van der Waals surface area contributed by atoms with Gasteiger partial charge in [0, 0.05) is 21.2 Å². The highest BCUT2D eigenvalue weighted by molar-refractivity contribution is 7.98. The van der Waals surface area contributed by atoms with Gasteiger partial charge in [-0.1, -0.05) is 54.1 Å². The summed E-state index contributed by atoms with van der Waals surface area (Å²) in [6, 6.07) is 22.3. The lowest BCUT2D eigenvalue weighted by molar-refractivity contribution is -0.132. The summed E-state index contributed by atoms with van der Waals surface area (Å²) in [6.45, 7) is 0.790. The number of hydrogen-bond donors (Lipinski definition) is 0. The van der Waals surface area contributed by atoms with Crippen molar-refractivity contribution in [3.8, 4) is 0 Å². The third kappa shape index (κ3) is 3.76. The average molecular weight is 401 g/mol. The van der Waals surface area contributed by atoms with Crippen molar-refractivity contribution in [3.63, 3.8) is 0 Å². The molecule has 0 unspecified atom stereocenters. The van der Waals surface area contributed by atoms with Crippen LogP contribution in [0.25, 0.3) is 0 Å². The van der Waals surface area contributed by atoms with Gasteiger partial charge in [-0.05, 0) is 35.9 Å². The van der Waals surface area contributed by atoms with E-state index in [1.165, 1.54) is 6.07 Å². The summed E-state index contributed by atoms with van der Waals surface area (Å²) < 4.78 is 26.7. The Hall–Kier alpha value is -1.85. The molecule has 0 amide bonds. The Kier molecular flexibility index (Phi) is 5.50. The fourth-order valence-electron chi connectivity index (χ4n) is 3.26. The monoisotopic (exact) mass is 400 g/mol. The fraction of sp³-hybridized carbons (Fsp3) is 0.182. The normalized spacial score (nSPS) is 15.8. The van der Waals surface area contributed by atoms with Crippen LogP contribution in [0.2, 0.25) is 5.02 Å². The molecule has 0 spiro atoms. The smallest absolute Gasteiger partial charge is 0.225 e. The first-order valence-electron chi connectivity index (χ1n) is 8.69. The van der Waals surface area contributed by atoms with Crippen molar-refractivity contribution in [2.45, 2.75) is 16.4 Å². The Morgan fingerprint density at radius 2 is 1.59 bits per heavy atom. The predicted octanol–water partition coefficient (Wildman–Crippen LogP) is 6.02. The van der Waals surface area contributed by atoms with Gasteiger partial charge in [-0.15, -0.1) is 11.8 Å².